The maximum absolute atomic E-state index is 5.06. The van der Waals surface area contributed by atoms with E-state index in [1.54, 1.807) is 11.3 Å². The molecule has 0 aliphatic heterocycles. The molecule has 0 aliphatic rings. The summed E-state index contributed by atoms with van der Waals surface area (Å²) in [4.78, 5) is 4.25. The average molecular weight is 229 g/mol. The first-order valence-corrected chi connectivity index (χ1v) is 5.94. The molecule has 1 aromatic heterocycles. The van der Waals surface area contributed by atoms with Gasteiger partial charge in [-0.2, -0.15) is 0 Å². The molecule has 1 atom stereocenters. The van der Waals surface area contributed by atoms with Crippen molar-refractivity contribution in [2.45, 2.75) is 19.8 Å². The van der Waals surface area contributed by atoms with Crippen LogP contribution in [0.3, 0.4) is 0 Å². The highest BCUT2D eigenvalue weighted by molar-refractivity contribution is 7.80. The molecule has 0 spiro atoms. The zero-order valence-corrected chi connectivity index (χ0v) is 10.0. The predicted molar refractivity (Wildman–Crippen MR) is 64.8 cm³/mol. The number of aromatic nitrogens is 1. The molecule has 5 heteroatoms. The lowest BCUT2D eigenvalue weighted by Crippen LogP contribution is -2.36. The topological polar surface area (TPSA) is 37.0 Å². The van der Waals surface area contributed by atoms with Gasteiger partial charge in [-0.15, -0.1) is 11.3 Å². The van der Waals surface area contributed by atoms with E-state index in [-0.39, 0.29) is 0 Å². The molecular formula is C9H15N3S2. The zero-order chi connectivity index (χ0) is 10.4. The zero-order valence-electron chi connectivity index (χ0n) is 8.41. The van der Waals surface area contributed by atoms with E-state index >= 15 is 0 Å². The third-order valence-corrected chi connectivity index (χ3v) is 3.07. The van der Waals surface area contributed by atoms with Gasteiger partial charge in [-0.25, -0.2) is 4.98 Å². The summed E-state index contributed by atoms with van der Waals surface area (Å²) in [6.07, 6.45) is 1.83. The molecule has 1 unspecified atom stereocenters. The Hall–Kier alpha value is -0.680. The van der Waals surface area contributed by atoms with Crippen molar-refractivity contribution in [2.75, 3.05) is 13.1 Å². The first-order valence-electron chi connectivity index (χ1n) is 4.65. The molecule has 0 bridgehead atoms. The summed E-state index contributed by atoms with van der Waals surface area (Å²) in [5, 5.41) is 10.1. The number of rotatable bonds is 4. The maximum atomic E-state index is 5.06. The second-order valence-electron chi connectivity index (χ2n) is 3.01. The average Bonchev–Trinajstić information content (AvgIpc) is 2.67. The Kier molecular flexibility index (Phi) is 4.82. The Morgan fingerprint density at radius 1 is 1.64 bits per heavy atom. The quantitative estimate of drug-likeness (QED) is 0.771. The molecule has 0 saturated carbocycles. The van der Waals surface area contributed by atoms with Gasteiger partial charge in [0.15, 0.2) is 5.11 Å². The van der Waals surface area contributed by atoms with Gasteiger partial charge < -0.3 is 10.6 Å². The summed E-state index contributed by atoms with van der Waals surface area (Å²) in [5.41, 5.74) is 0. The summed E-state index contributed by atoms with van der Waals surface area (Å²) in [6.45, 7) is 5.86. The minimum atomic E-state index is 0.409. The summed E-state index contributed by atoms with van der Waals surface area (Å²) in [5.74, 6) is 0.409. The van der Waals surface area contributed by atoms with Crippen LogP contribution >= 0.6 is 23.6 Å². The van der Waals surface area contributed by atoms with E-state index in [2.05, 4.69) is 22.5 Å². The standard InChI is InChI=1S/C9H15N3S2/c1-3-10-9(13)12-6-7(2)8-11-4-5-14-8/h4-5,7H,3,6H2,1-2H3,(H2,10,12,13). The van der Waals surface area contributed by atoms with E-state index in [1.807, 2.05) is 18.5 Å². The van der Waals surface area contributed by atoms with Gasteiger partial charge in [-0.05, 0) is 19.1 Å². The smallest absolute Gasteiger partial charge is 0.166 e. The number of nitrogens with zero attached hydrogens (tertiary/aromatic N) is 1. The van der Waals surface area contributed by atoms with Crippen molar-refractivity contribution in [2.24, 2.45) is 0 Å². The van der Waals surface area contributed by atoms with Crippen molar-refractivity contribution in [1.29, 1.82) is 0 Å². The molecule has 0 saturated heterocycles. The Bertz CT molecular complexity index is 272. The van der Waals surface area contributed by atoms with Gasteiger partial charge in [0.05, 0.1) is 5.01 Å². The van der Waals surface area contributed by atoms with Crippen molar-refractivity contribution >= 4 is 28.7 Å². The van der Waals surface area contributed by atoms with E-state index in [1.165, 1.54) is 0 Å². The number of nitrogens with one attached hydrogen (secondary N) is 2. The molecule has 1 aromatic rings. The minimum absolute atomic E-state index is 0.409. The number of thiocarbonyl (C=S) groups is 1. The molecule has 0 fully saturated rings. The third-order valence-electron chi connectivity index (χ3n) is 1.78. The van der Waals surface area contributed by atoms with Crippen LogP contribution in [-0.4, -0.2) is 23.2 Å². The fraction of sp³-hybridized carbons (Fsp3) is 0.556. The fourth-order valence-corrected chi connectivity index (χ4v) is 1.96. The molecule has 1 rings (SSSR count). The van der Waals surface area contributed by atoms with Crippen LogP contribution in [0.2, 0.25) is 0 Å². The van der Waals surface area contributed by atoms with Gasteiger partial charge in [-0.3, -0.25) is 0 Å². The predicted octanol–water partition coefficient (Wildman–Crippen LogP) is 1.73. The number of hydrogen-bond acceptors (Lipinski definition) is 3. The van der Waals surface area contributed by atoms with E-state index < -0.39 is 0 Å². The van der Waals surface area contributed by atoms with Gasteiger partial charge in [0.2, 0.25) is 0 Å². The summed E-state index contributed by atoms with van der Waals surface area (Å²) < 4.78 is 0. The molecule has 14 heavy (non-hydrogen) atoms. The maximum Gasteiger partial charge on any atom is 0.166 e. The van der Waals surface area contributed by atoms with Gasteiger partial charge >= 0.3 is 0 Å². The van der Waals surface area contributed by atoms with Crippen molar-refractivity contribution in [3.63, 3.8) is 0 Å². The van der Waals surface area contributed by atoms with Crippen molar-refractivity contribution in [3.8, 4) is 0 Å². The second-order valence-corrected chi connectivity index (χ2v) is 4.35. The van der Waals surface area contributed by atoms with E-state index in [9.17, 15) is 0 Å². The molecule has 78 valence electrons. The van der Waals surface area contributed by atoms with Crippen LogP contribution in [0.25, 0.3) is 0 Å². The van der Waals surface area contributed by atoms with Crippen molar-refractivity contribution in [1.82, 2.24) is 15.6 Å². The first kappa shape index (κ1) is 11.4. The van der Waals surface area contributed by atoms with E-state index in [0.29, 0.717) is 5.92 Å². The van der Waals surface area contributed by atoms with Gasteiger partial charge in [0.1, 0.15) is 0 Å². The largest absolute Gasteiger partial charge is 0.363 e. The SMILES string of the molecule is CCNC(=S)NCC(C)c1nccs1. The Labute approximate surface area is 93.9 Å². The van der Waals surface area contributed by atoms with Crippen LogP contribution in [0.4, 0.5) is 0 Å². The highest BCUT2D eigenvalue weighted by Gasteiger charge is 2.07. The van der Waals surface area contributed by atoms with Crippen LogP contribution < -0.4 is 10.6 Å². The Morgan fingerprint density at radius 2 is 2.43 bits per heavy atom. The molecule has 1 heterocycles. The van der Waals surface area contributed by atoms with Gasteiger partial charge in [0, 0.05) is 30.6 Å². The molecule has 0 amide bonds. The van der Waals surface area contributed by atoms with Crippen LogP contribution in [0, 0.1) is 0 Å². The van der Waals surface area contributed by atoms with Crippen LogP contribution in [-0.2, 0) is 0 Å². The molecule has 0 radical (unpaired) electrons. The Morgan fingerprint density at radius 3 is 3.00 bits per heavy atom. The number of hydrogen-bond donors (Lipinski definition) is 2. The second kappa shape index (κ2) is 5.93. The summed E-state index contributed by atoms with van der Waals surface area (Å²) in [6, 6.07) is 0. The van der Waals surface area contributed by atoms with E-state index in [4.69, 9.17) is 12.2 Å². The van der Waals surface area contributed by atoms with Crippen LogP contribution in [0.15, 0.2) is 11.6 Å². The molecular weight excluding hydrogens is 214 g/mol. The highest BCUT2D eigenvalue weighted by Crippen LogP contribution is 2.15. The molecule has 3 nitrogen and oxygen atoms in total. The fourth-order valence-electron chi connectivity index (χ4n) is 1.03. The molecule has 0 aromatic carbocycles. The number of thiazole rings is 1. The minimum Gasteiger partial charge on any atom is -0.363 e. The molecule has 0 aliphatic carbocycles. The van der Waals surface area contributed by atoms with Crippen LogP contribution in [0.1, 0.15) is 24.8 Å². The Balaban J connectivity index is 2.28. The van der Waals surface area contributed by atoms with Crippen LogP contribution in [0.5, 0.6) is 0 Å². The summed E-state index contributed by atoms with van der Waals surface area (Å²) in [7, 11) is 0. The van der Waals surface area contributed by atoms with Crippen molar-refractivity contribution < 1.29 is 0 Å². The highest BCUT2D eigenvalue weighted by atomic mass is 32.1. The van der Waals surface area contributed by atoms with Gasteiger partial charge in [0.25, 0.3) is 0 Å². The summed E-state index contributed by atoms with van der Waals surface area (Å²) >= 11 is 6.74. The lowest BCUT2D eigenvalue weighted by molar-refractivity contribution is 0.705. The van der Waals surface area contributed by atoms with E-state index in [0.717, 1.165) is 23.2 Å². The lowest BCUT2D eigenvalue weighted by Gasteiger charge is -2.12. The van der Waals surface area contributed by atoms with Crippen molar-refractivity contribution in [3.05, 3.63) is 16.6 Å². The monoisotopic (exact) mass is 229 g/mol. The van der Waals surface area contributed by atoms with Gasteiger partial charge in [-0.1, -0.05) is 6.92 Å². The molecule has 2 N–H and O–H groups in total. The third kappa shape index (κ3) is 3.59. The normalized spacial score (nSPS) is 12.1. The first-order chi connectivity index (χ1) is 6.74. The lowest BCUT2D eigenvalue weighted by atomic mass is 10.2.